The maximum atomic E-state index is 11.8. The van der Waals surface area contributed by atoms with E-state index in [0.29, 0.717) is 17.9 Å². The maximum absolute atomic E-state index is 11.8. The summed E-state index contributed by atoms with van der Waals surface area (Å²) in [6.07, 6.45) is 5.17. The lowest BCUT2D eigenvalue weighted by Gasteiger charge is -2.18. The van der Waals surface area contributed by atoms with Crippen molar-refractivity contribution in [1.29, 1.82) is 5.26 Å². The summed E-state index contributed by atoms with van der Waals surface area (Å²) in [5.41, 5.74) is 0.408. The van der Waals surface area contributed by atoms with Gasteiger partial charge in [-0.15, -0.1) is 6.42 Å². The molecule has 0 unspecified atom stereocenters. The molecule has 0 N–H and O–H groups in total. The number of hydrogen-bond donors (Lipinski definition) is 0. The Morgan fingerprint density at radius 3 is 2.83 bits per heavy atom. The molecule has 0 aliphatic rings. The van der Waals surface area contributed by atoms with Gasteiger partial charge in [-0.05, 0) is 19.1 Å². The normalized spacial score (nSPS) is 9.06. The second-order valence-electron chi connectivity index (χ2n) is 3.51. The predicted octanol–water partition coefficient (Wildman–Crippen LogP) is 1.42. The minimum absolute atomic E-state index is 0.117. The molecule has 0 aliphatic carbocycles. The Balaban J connectivity index is 2.63. The zero-order valence-corrected chi connectivity index (χ0v) is 10.2. The molecule has 0 saturated heterocycles. The van der Waals surface area contributed by atoms with Crippen molar-refractivity contribution in [2.75, 3.05) is 19.7 Å². The summed E-state index contributed by atoms with van der Waals surface area (Å²) in [5.74, 6) is 2.63. The van der Waals surface area contributed by atoms with E-state index in [1.165, 1.54) is 4.90 Å². The van der Waals surface area contributed by atoms with Crippen molar-refractivity contribution in [2.45, 2.75) is 6.92 Å². The molecule has 0 heterocycles. The topological polar surface area (TPSA) is 53.3 Å². The van der Waals surface area contributed by atoms with Gasteiger partial charge < -0.3 is 9.64 Å². The highest BCUT2D eigenvalue weighted by Crippen LogP contribution is 2.16. The fourth-order valence-electron chi connectivity index (χ4n) is 1.40. The van der Waals surface area contributed by atoms with Crippen molar-refractivity contribution >= 4 is 5.91 Å². The van der Waals surface area contributed by atoms with Gasteiger partial charge in [0, 0.05) is 6.54 Å². The van der Waals surface area contributed by atoms with E-state index in [1.54, 1.807) is 24.3 Å². The molecule has 0 bridgehead atoms. The molecule has 4 heteroatoms. The van der Waals surface area contributed by atoms with E-state index in [9.17, 15) is 4.79 Å². The molecular formula is C14H14N2O2. The number of carbonyl (C=O) groups is 1. The molecule has 1 aromatic carbocycles. The molecule has 18 heavy (non-hydrogen) atoms. The molecule has 1 rings (SSSR count). The van der Waals surface area contributed by atoms with Crippen LogP contribution in [0.1, 0.15) is 12.5 Å². The lowest BCUT2D eigenvalue weighted by molar-refractivity contribution is -0.132. The van der Waals surface area contributed by atoms with Crippen LogP contribution in [0.3, 0.4) is 0 Å². The summed E-state index contributed by atoms with van der Waals surface area (Å²) in [5, 5.41) is 8.87. The molecule has 0 atom stereocenters. The molecule has 1 aromatic rings. The Bertz CT molecular complexity index is 497. The summed E-state index contributed by atoms with van der Waals surface area (Å²) < 4.78 is 5.34. The third-order valence-corrected chi connectivity index (χ3v) is 2.38. The van der Waals surface area contributed by atoms with Crippen LogP contribution in [0.15, 0.2) is 24.3 Å². The summed E-state index contributed by atoms with van der Waals surface area (Å²) in [4.78, 5) is 13.3. The second kappa shape index (κ2) is 6.98. The Labute approximate surface area is 107 Å². The van der Waals surface area contributed by atoms with Crippen LogP contribution < -0.4 is 4.74 Å². The number of nitrogens with zero attached hydrogens (tertiary/aromatic N) is 2. The highest BCUT2D eigenvalue weighted by molar-refractivity contribution is 5.78. The standard InChI is InChI=1S/C14H14N2O2/c1-3-9-16(4-2)14(17)11-18-13-8-6-5-7-12(13)10-15/h1,5-8H,4,9,11H2,2H3. The van der Waals surface area contributed by atoms with Gasteiger partial charge in [-0.1, -0.05) is 18.1 Å². The van der Waals surface area contributed by atoms with Gasteiger partial charge in [0.05, 0.1) is 12.1 Å². The highest BCUT2D eigenvalue weighted by atomic mass is 16.5. The van der Waals surface area contributed by atoms with Gasteiger partial charge in [-0.25, -0.2) is 0 Å². The average molecular weight is 242 g/mol. The first kappa shape index (κ1) is 13.6. The Kier molecular flexibility index (Phi) is 5.28. The Morgan fingerprint density at radius 2 is 2.22 bits per heavy atom. The third kappa shape index (κ3) is 3.54. The number of hydrogen-bond acceptors (Lipinski definition) is 3. The minimum atomic E-state index is -0.191. The van der Waals surface area contributed by atoms with Gasteiger partial charge in [0.15, 0.2) is 6.61 Å². The van der Waals surface area contributed by atoms with E-state index in [-0.39, 0.29) is 19.1 Å². The van der Waals surface area contributed by atoms with E-state index in [2.05, 4.69) is 5.92 Å². The number of rotatable bonds is 5. The van der Waals surface area contributed by atoms with Crippen molar-refractivity contribution in [1.82, 2.24) is 4.90 Å². The van der Waals surface area contributed by atoms with Crippen molar-refractivity contribution in [3.05, 3.63) is 29.8 Å². The van der Waals surface area contributed by atoms with Crippen molar-refractivity contribution in [2.24, 2.45) is 0 Å². The molecule has 0 spiro atoms. The first-order valence-electron chi connectivity index (χ1n) is 5.56. The first-order valence-corrected chi connectivity index (χ1v) is 5.56. The fraction of sp³-hybridized carbons (Fsp3) is 0.286. The second-order valence-corrected chi connectivity index (χ2v) is 3.51. The lowest BCUT2D eigenvalue weighted by Crippen LogP contribution is -2.35. The first-order chi connectivity index (χ1) is 8.72. The Hall–Kier alpha value is -2.46. The van der Waals surface area contributed by atoms with Gasteiger partial charge in [-0.2, -0.15) is 5.26 Å². The van der Waals surface area contributed by atoms with Crippen molar-refractivity contribution in [3.63, 3.8) is 0 Å². The molecule has 92 valence electrons. The molecule has 4 nitrogen and oxygen atoms in total. The number of likely N-dealkylation sites (N-methyl/N-ethyl adjacent to an activating group) is 1. The number of para-hydroxylation sites is 1. The maximum Gasteiger partial charge on any atom is 0.261 e. The van der Waals surface area contributed by atoms with E-state index in [4.69, 9.17) is 16.4 Å². The quantitative estimate of drug-likeness (QED) is 0.734. The molecule has 0 aliphatic heterocycles. The van der Waals surface area contributed by atoms with Crippen LogP contribution in [0.5, 0.6) is 5.75 Å². The van der Waals surface area contributed by atoms with Crippen molar-refractivity contribution < 1.29 is 9.53 Å². The van der Waals surface area contributed by atoms with Crippen LogP contribution in [0.2, 0.25) is 0 Å². The molecule has 0 saturated carbocycles. The van der Waals surface area contributed by atoms with Gasteiger partial charge >= 0.3 is 0 Å². The number of carbonyl (C=O) groups excluding carboxylic acids is 1. The van der Waals surface area contributed by atoms with E-state index < -0.39 is 0 Å². The van der Waals surface area contributed by atoms with Crippen LogP contribution in [0.4, 0.5) is 0 Å². The number of terminal acetylenes is 1. The van der Waals surface area contributed by atoms with Crippen LogP contribution in [-0.4, -0.2) is 30.5 Å². The average Bonchev–Trinajstić information content (AvgIpc) is 2.42. The predicted molar refractivity (Wildman–Crippen MR) is 67.7 cm³/mol. The molecule has 0 fully saturated rings. The van der Waals surface area contributed by atoms with Gasteiger partial charge in [0.1, 0.15) is 11.8 Å². The number of amides is 1. The Morgan fingerprint density at radius 1 is 1.50 bits per heavy atom. The monoisotopic (exact) mass is 242 g/mol. The lowest BCUT2D eigenvalue weighted by atomic mass is 10.2. The zero-order valence-electron chi connectivity index (χ0n) is 10.2. The SMILES string of the molecule is C#CCN(CC)C(=O)COc1ccccc1C#N. The summed E-state index contributed by atoms with van der Waals surface area (Å²) >= 11 is 0. The van der Waals surface area contributed by atoms with E-state index in [0.717, 1.165) is 0 Å². The van der Waals surface area contributed by atoms with E-state index in [1.807, 2.05) is 13.0 Å². The molecule has 0 radical (unpaired) electrons. The largest absolute Gasteiger partial charge is 0.482 e. The summed E-state index contributed by atoms with van der Waals surface area (Å²) in [7, 11) is 0. The van der Waals surface area contributed by atoms with Crippen LogP contribution in [0.25, 0.3) is 0 Å². The summed E-state index contributed by atoms with van der Waals surface area (Å²) in [6, 6.07) is 8.79. The van der Waals surface area contributed by atoms with Gasteiger partial charge in [0.25, 0.3) is 5.91 Å². The molecule has 1 amide bonds. The zero-order chi connectivity index (χ0) is 13.4. The van der Waals surface area contributed by atoms with Gasteiger partial charge in [0.2, 0.25) is 0 Å². The minimum Gasteiger partial charge on any atom is -0.482 e. The number of nitriles is 1. The highest BCUT2D eigenvalue weighted by Gasteiger charge is 2.12. The van der Waals surface area contributed by atoms with Crippen LogP contribution in [0, 0.1) is 23.7 Å². The smallest absolute Gasteiger partial charge is 0.261 e. The number of ether oxygens (including phenoxy) is 1. The number of benzene rings is 1. The van der Waals surface area contributed by atoms with Crippen LogP contribution >= 0.6 is 0 Å². The van der Waals surface area contributed by atoms with E-state index >= 15 is 0 Å². The van der Waals surface area contributed by atoms with Crippen LogP contribution in [-0.2, 0) is 4.79 Å². The fourth-order valence-corrected chi connectivity index (χ4v) is 1.40. The molecule has 0 aromatic heterocycles. The summed E-state index contributed by atoms with van der Waals surface area (Å²) in [6.45, 7) is 2.53. The van der Waals surface area contributed by atoms with Gasteiger partial charge in [-0.3, -0.25) is 4.79 Å². The van der Waals surface area contributed by atoms with Crippen molar-refractivity contribution in [3.8, 4) is 24.2 Å². The molecular weight excluding hydrogens is 228 g/mol. The third-order valence-electron chi connectivity index (χ3n) is 2.38.